The van der Waals surface area contributed by atoms with Crippen molar-refractivity contribution in [2.75, 3.05) is 18.6 Å². The van der Waals surface area contributed by atoms with Gasteiger partial charge in [-0.05, 0) is 32.9 Å². The molecule has 1 aliphatic rings. The molecule has 1 aliphatic heterocycles. The van der Waals surface area contributed by atoms with Crippen LogP contribution in [-0.2, 0) is 4.74 Å². The summed E-state index contributed by atoms with van der Waals surface area (Å²) in [6.07, 6.45) is 0.690. The van der Waals surface area contributed by atoms with Gasteiger partial charge in [0.2, 0.25) is 0 Å². The second-order valence-corrected chi connectivity index (χ2v) is 6.10. The molecule has 0 aliphatic carbocycles. The highest BCUT2D eigenvalue weighted by Crippen LogP contribution is 2.36. The summed E-state index contributed by atoms with van der Waals surface area (Å²) in [6.45, 7) is 6.57. The molecule has 0 bridgehead atoms. The van der Waals surface area contributed by atoms with E-state index in [-0.39, 0.29) is 11.4 Å². The number of halogens is 1. The molecule has 1 heterocycles. The average Bonchev–Trinajstić information content (AvgIpc) is 2.65. The number of methoxy groups -OCH3 is 1. The van der Waals surface area contributed by atoms with Gasteiger partial charge in [0.1, 0.15) is 5.82 Å². The minimum absolute atomic E-state index is 0.297. The molecule has 5 heteroatoms. The summed E-state index contributed by atoms with van der Waals surface area (Å²) in [6, 6.07) is 6.62. The van der Waals surface area contributed by atoms with Crippen molar-refractivity contribution in [3.63, 3.8) is 0 Å². The van der Waals surface area contributed by atoms with Crippen molar-refractivity contribution in [1.82, 2.24) is 0 Å². The standard InChI is InChI=1S/C15H22FN3O/c1-14(2,20-4)9-15(3)10-18-13(17)19(15)12-8-6-5-7-11(12)16/h5-8H,9-10H2,1-4H3,(H2,17,18). The van der Waals surface area contributed by atoms with Gasteiger partial charge in [-0.25, -0.2) is 4.39 Å². The first-order valence-electron chi connectivity index (χ1n) is 6.69. The summed E-state index contributed by atoms with van der Waals surface area (Å²) >= 11 is 0. The van der Waals surface area contributed by atoms with Gasteiger partial charge in [-0.1, -0.05) is 12.1 Å². The van der Waals surface area contributed by atoms with Gasteiger partial charge in [0, 0.05) is 13.5 Å². The Bertz CT molecular complexity index is 530. The first-order valence-corrected chi connectivity index (χ1v) is 6.69. The number of hydrogen-bond donors (Lipinski definition) is 1. The second-order valence-electron chi connectivity index (χ2n) is 6.10. The summed E-state index contributed by atoms with van der Waals surface area (Å²) in [5.74, 6) is 0.0542. The van der Waals surface area contributed by atoms with E-state index in [4.69, 9.17) is 10.5 Å². The van der Waals surface area contributed by atoms with Gasteiger partial charge in [0.05, 0.1) is 23.4 Å². The molecule has 2 rings (SSSR count). The number of aliphatic imine (C=N–C) groups is 1. The lowest BCUT2D eigenvalue weighted by molar-refractivity contribution is 0.00146. The minimum Gasteiger partial charge on any atom is -0.379 e. The zero-order chi connectivity index (χ0) is 15.0. The summed E-state index contributed by atoms with van der Waals surface area (Å²) in [5.41, 5.74) is 5.71. The van der Waals surface area contributed by atoms with E-state index in [1.165, 1.54) is 6.07 Å². The van der Waals surface area contributed by atoms with Crippen LogP contribution in [0.4, 0.5) is 10.1 Å². The van der Waals surface area contributed by atoms with Gasteiger partial charge in [-0.2, -0.15) is 0 Å². The summed E-state index contributed by atoms with van der Waals surface area (Å²) in [5, 5.41) is 0. The normalized spacial score (nSPS) is 23.1. The minimum atomic E-state index is -0.397. The van der Waals surface area contributed by atoms with E-state index < -0.39 is 5.54 Å². The van der Waals surface area contributed by atoms with Crippen LogP contribution in [-0.4, -0.2) is 30.8 Å². The quantitative estimate of drug-likeness (QED) is 0.921. The van der Waals surface area contributed by atoms with Crippen molar-refractivity contribution in [2.45, 2.75) is 38.3 Å². The zero-order valence-electron chi connectivity index (χ0n) is 12.5. The zero-order valence-corrected chi connectivity index (χ0v) is 12.5. The molecular weight excluding hydrogens is 257 g/mol. The van der Waals surface area contributed by atoms with E-state index in [0.717, 1.165) is 0 Å². The third kappa shape index (κ3) is 2.63. The Labute approximate surface area is 119 Å². The number of nitrogens with zero attached hydrogens (tertiary/aromatic N) is 2. The van der Waals surface area contributed by atoms with Gasteiger partial charge in [0.25, 0.3) is 0 Å². The lowest BCUT2D eigenvalue weighted by Crippen LogP contribution is -2.53. The first kappa shape index (κ1) is 14.8. The number of nitrogens with two attached hydrogens (primary N) is 1. The van der Waals surface area contributed by atoms with Crippen molar-refractivity contribution < 1.29 is 9.13 Å². The Balaban J connectivity index is 2.38. The fourth-order valence-corrected chi connectivity index (χ4v) is 2.84. The lowest BCUT2D eigenvalue weighted by atomic mass is 9.86. The molecule has 4 nitrogen and oxygen atoms in total. The molecule has 0 aromatic heterocycles. The van der Waals surface area contributed by atoms with Gasteiger partial charge < -0.3 is 15.4 Å². The number of para-hydroxylation sites is 1. The molecule has 1 atom stereocenters. The van der Waals surface area contributed by atoms with E-state index >= 15 is 0 Å². The highest BCUT2D eigenvalue weighted by Gasteiger charge is 2.43. The van der Waals surface area contributed by atoms with E-state index in [2.05, 4.69) is 4.99 Å². The summed E-state index contributed by atoms with van der Waals surface area (Å²) < 4.78 is 19.6. The molecule has 0 saturated carbocycles. The van der Waals surface area contributed by atoms with Gasteiger partial charge >= 0.3 is 0 Å². The van der Waals surface area contributed by atoms with Crippen LogP contribution in [0.25, 0.3) is 0 Å². The molecule has 0 fully saturated rings. The maximum atomic E-state index is 14.1. The highest BCUT2D eigenvalue weighted by molar-refractivity contribution is 5.98. The van der Waals surface area contributed by atoms with Crippen molar-refractivity contribution in [1.29, 1.82) is 0 Å². The molecule has 1 aromatic rings. The van der Waals surface area contributed by atoms with Crippen molar-refractivity contribution in [2.24, 2.45) is 10.7 Å². The van der Waals surface area contributed by atoms with Crippen LogP contribution in [0.5, 0.6) is 0 Å². The topological polar surface area (TPSA) is 50.9 Å². The number of anilines is 1. The average molecular weight is 279 g/mol. The molecule has 1 aromatic carbocycles. The predicted octanol–water partition coefficient (Wildman–Crippen LogP) is 2.53. The van der Waals surface area contributed by atoms with Gasteiger partial charge in [0.15, 0.2) is 5.96 Å². The number of guanidine groups is 1. The van der Waals surface area contributed by atoms with Crippen LogP contribution >= 0.6 is 0 Å². The van der Waals surface area contributed by atoms with Gasteiger partial charge in [-0.15, -0.1) is 0 Å². The smallest absolute Gasteiger partial charge is 0.196 e. The number of rotatable bonds is 4. The SMILES string of the molecule is COC(C)(C)CC1(C)CN=C(N)N1c1ccccc1F. The van der Waals surface area contributed by atoms with Crippen LogP contribution in [0.15, 0.2) is 29.3 Å². The molecule has 20 heavy (non-hydrogen) atoms. The number of ether oxygens (including phenoxy) is 1. The second kappa shape index (κ2) is 5.05. The highest BCUT2D eigenvalue weighted by atomic mass is 19.1. The summed E-state index contributed by atoms with van der Waals surface area (Å²) in [7, 11) is 1.68. The third-order valence-electron chi connectivity index (χ3n) is 3.80. The maximum absolute atomic E-state index is 14.1. The monoisotopic (exact) mass is 279 g/mol. The fraction of sp³-hybridized carbons (Fsp3) is 0.533. The van der Waals surface area contributed by atoms with Crippen LogP contribution in [0.2, 0.25) is 0 Å². The molecule has 0 amide bonds. The fourth-order valence-electron chi connectivity index (χ4n) is 2.84. The molecule has 1 unspecified atom stereocenters. The maximum Gasteiger partial charge on any atom is 0.196 e. The third-order valence-corrected chi connectivity index (χ3v) is 3.80. The van der Waals surface area contributed by atoms with Crippen LogP contribution in [0.1, 0.15) is 27.2 Å². The van der Waals surface area contributed by atoms with E-state index in [0.29, 0.717) is 24.6 Å². The van der Waals surface area contributed by atoms with Crippen molar-refractivity contribution in [3.8, 4) is 0 Å². The van der Waals surface area contributed by atoms with Crippen molar-refractivity contribution >= 4 is 11.6 Å². The Morgan fingerprint density at radius 2 is 2.10 bits per heavy atom. The van der Waals surface area contributed by atoms with E-state index in [1.807, 2.05) is 20.8 Å². The molecule has 0 spiro atoms. The Morgan fingerprint density at radius 3 is 2.70 bits per heavy atom. The van der Waals surface area contributed by atoms with E-state index in [9.17, 15) is 4.39 Å². The molecule has 0 saturated heterocycles. The Kier molecular flexibility index (Phi) is 3.73. The first-order chi connectivity index (χ1) is 9.29. The van der Waals surface area contributed by atoms with Crippen LogP contribution in [0, 0.1) is 5.82 Å². The molecule has 2 N–H and O–H groups in total. The molecular formula is C15H22FN3O. The number of hydrogen-bond acceptors (Lipinski definition) is 4. The van der Waals surface area contributed by atoms with Gasteiger partial charge in [-0.3, -0.25) is 4.99 Å². The lowest BCUT2D eigenvalue weighted by Gasteiger charge is -2.41. The Morgan fingerprint density at radius 1 is 1.45 bits per heavy atom. The molecule has 110 valence electrons. The predicted molar refractivity (Wildman–Crippen MR) is 79.5 cm³/mol. The largest absolute Gasteiger partial charge is 0.379 e. The van der Waals surface area contributed by atoms with Crippen molar-refractivity contribution in [3.05, 3.63) is 30.1 Å². The van der Waals surface area contributed by atoms with Crippen LogP contribution in [0.3, 0.4) is 0 Å². The van der Waals surface area contributed by atoms with E-state index in [1.54, 1.807) is 30.2 Å². The Hall–Kier alpha value is -1.62. The molecule has 0 radical (unpaired) electrons. The number of benzene rings is 1. The van der Waals surface area contributed by atoms with Crippen LogP contribution < -0.4 is 10.6 Å². The summed E-state index contributed by atoms with van der Waals surface area (Å²) in [4.78, 5) is 6.09.